The van der Waals surface area contributed by atoms with E-state index in [1.165, 1.54) is 31.2 Å². The molecule has 1 aliphatic rings. The number of methoxy groups -OCH3 is 1. The average molecular weight is 263 g/mol. The van der Waals surface area contributed by atoms with Crippen LogP contribution in [0.1, 0.15) is 44.2 Å². The van der Waals surface area contributed by atoms with E-state index in [2.05, 4.69) is 24.4 Å². The molecular weight excluding hydrogens is 238 g/mol. The normalized spacial score (nSPS) is 20.4. The first-order valence-corrected chi connectivity index (χ1v) is 7.28. The molecule has 1 aromatic rings. The van der Waals surface area contributed by atoms with Crippen molar-refractivity contribution in [3.05, 3.63) is 29.8 Å². The maximum absolute atomic E-state index is 5.63. The monoisotopic (exact) mass is 263 g/mol. The summed E-state index contributed by atoms with van der Waals surface area (Å²) in [6.45, 7) is 4.21. The van der Waals surface area contributed by atoms with Gasteiger partial charge in [-0.15, -0.1) is 0 Å². The quantitative estimate of drug-likeness (QED) is 0.766. The second kappa shape index (κ2) is 7.51. The number of ether oxygens (including phenoxy) is 2. The molecule has 0 amide bonds. The zero-order valence-corrected chi connectivity index (χ0v) is 12.0. The first kappa shape index (κ1) is 14.4. The zero-order chi connectivity index (χ0) is 13.5. The lowest BCUT2D eigenvalue weighted by atomic mass is 10.1. The van der Waals surface area contributed by atoms with E-state index in [4.69, 9.17) is 9.47 Å². The predicted molar refractivity (Wildman–Crippen MR) is 77.6 cm³/mol. The average Bonchev–Trinajstić information content (AvgIpc) is 2.96. The summed E-state index contributed by atoms with van der Waals surface area (Å²) in [5.41, 5.74) is 1.30. The first-order chi connectivity index (χ1) is 9.29. The van der Waals surface area contributed by atoms with E-state index < -0.39 is 0 Å². The Labute approximate surface area is 116 Å². The van der Waals surface area contributed by atoms with Crippen molar-refractivity contribution in [3.8, 4) is 5.75 Å². The molecule has 0 saturated carbocycles. The predicted octanol–water partition coefficient (Wildman–Crippen LogP) is 3.31. The molecule has 1 heterocycles. The lowest BCUT2D eigenvalue weighted by molar-refractivity contribution is 0.102. The molecule has 0 bridgehead atoms. The maximum Gasteiger partial charge on any atom is 0.118 e. The van der Waals surface area contributed by atoms with E-state index in [0.717, 1.165) is 18.9 Å². The molecule has 1 saturated heterocycles. The highest BCUT2D eigenvalue weighted by Gasteiger charge is 2.14. The van der Waals surface area contributed by atoms with Crippen LogP contribution in [-0.2, 0) is 4.74 Å². The highest BCUT2D eigenvalue weighted by molar-refractivity contribution is 5.28. The molecule has 0 aliphatic carbocycles. The minimum absolute atomic E-state index is 0.385. The fourth-order valence-corrected chi connectivity index (χ4v) is 2.53. The zero-order valence-electron chi connectivity index (χ0n) is 12.0. The van der Waals surface area contributed by atoms with Gasteiger partial charge in [-0.1, -0.05) is 12.1 Å². The van der Waals surface area contributed by atoms with Gasteiger partial charge in [0, 0.05) is 12.6 Å². The minimum atomic E-state index is 0.385. The van der Waals surface area contributed by atoms with Gasteiger partial charge in [0.15, 0.2) is 0 Å². The second-order valence-electron chi connectivity index (χ2n) is 5.23. The van der Waals surface area contributed by atoms with Gasteiger partial charge in [0.1, 0.15) is 5.75 Å². The Hall–Kier alpha value is -1.06. The van der Waals surface area contributed by atoms with Crippen LogP contribution in [0.25, 0.3) is 0 Å². The molecule has 0 aromatic heterocycles. The second-order valence-corrected chi connectivity index (χ2v) is 5.23. The Morgan fingerprint density at radius 3 is 2.79 bits per heavy atom. The van der Waals surface area contributed by atoms with Crippen LogP contribution < -0.4 is 10.1 Å². The van der Waals surface area contributed by atoms with Crippen LogP contribution in [0.15, 0.2) is 24.3 Å². The van der Waals surface area contributed by atoms with Crippen LogP contribution in [0.5, 0.6) is 5.75 Å². The van der Waals surface area contributed by atoms with E-state index in [-0.39, 0.29) is 0 Å². The Morgan fingerprint density at radius 1 is 1.37 bits per heavy atom. The summed E-state index contributed by atoms with van der Waals surface area (Å²) in [6, 6.07) is 8.66. The van der Waals surface area contributed by atoms with Crippen LogP contribution in [0.3, 0.4) is 0 Å². The fourth-order valence-electron chi connectivity index (χ4n) is 2.53. The summed E-state index contributed by atoms with van der Waals surface area (Å²) in [6.07, 6.45) is 5.36. The lowest BCUT2D eigenvalue weighted by Crippen LogP contribution is -2.21. The third-order valence-electron chi connectivity index (χ3n) is 3.79. The van der Waals surface area contributed by atoms with Crippen LogP contribution >= 0.6 is 0 Å². The summed E-state index contributed by atoms with van der Waals surface area (Å²) in [7, 11) is 1.70. The molecule has 2 atom stereocenters. The van der Waals surface area contributed by atoms with Crippen molar-refractivity contribution in [2.75, 3.05) is 20.3 Å². The van der Waals surface area contributed by atoms with Crippen molar-refractivity contribution in [1.29, 1.82) is 0 Å². The lowest BCUT2D eigenvalue weighted by Gasteiger charge is -2.15. The Morgan fingerprint density at radius 2 is 2.16 bits per heavy atom. The largest absolute Gasteiger partial charge is 0.497 e. The van der Waals surface area contributed by atoms with Gasteiger partial charge < -0.3 is 14.8 Å². The first-order valence-electron chi connectivity index (χ1n) is 7.28. The summed E-state index contributed by atoms with van der Waals surface area (Å²) >= 11 is 0. The molecule has 2 rings (SSSR count). The number of hydrogen-bond acceptors (Lipinski definition) is 3. The van der Waals surface area contributed by atoms with Gasteiger partial charge in [-0.25, -0.2) is 0 Å². The van der Waals surface area contributed by atoms with Crippen LogP contribution in [0.4, 0.5) is 0 Å². The number of nitrogens with one attached hydrogen (secondary N) is 1. The van der Waals surface area contributed by atoms with Crippen molar-refractivity contribution in [1.82, 2.24) is 5.32 Å². The Kier molecular flexibility index (Phi) is 5.67. The van der Waals surface area contributed by atoms with Gasteiger partial charge in [0.25, 0.3) is 0 Å². The minimum Gasteiger partial charge on any atom is -0.497 e. The molecule has 0 spiro atoms. The van der Waals surface area contributed by atoms with Gasteiger partial charge >= 0.3 is 0 Å². The highest BCUT2D eigenvalue weighted by atomic mass is 16.5. The molecule has 1 unspecified atom stereocenters. The Bertz CT molecular complexity index is 358. The Balaban J connectivity index is 1.66. The molecule has 1 N–H and O–H groups in total. The van der Waals surface area contributed by atoms with E-state index in [1.54, 1.807) is 7.11 Å². The topological polar surface area (TPSA) is 30.5 Å². The van der Waals surface area contributed by atoms with Gasteiger partial charge in [0.05, 0.1) is 13.2 Å². The number of rotatable bonds is 7. The van der Waals surface area contributed by atoms with Gasteiger partial charge in [-0.2, -0.15) is 0 Å². The summed E-state index contributed by atoms with van der Waals surface area (Å²) in [5.74, 6) is 0.911. The standard InChI is InChI=1S/C16H25NO2/c1-13(14-7-9-15(18-2)10-8-14)17-11-3-5-16-6-4-12-19-16/h7-10,13,16-17H,3-6,11-12H2,1-2H3/t13-,16?/m0/s1. The van der Waals surface area contributed by atoms with Gasteiger partial charge in [-0.05, 0) is 56.8 Å². The smallest absolute Gasteiger partial charge is 0.118 e. The van der Waals surface area contributed by atoms with Crippen LogP contribution in [0.2, 0.25) is 0 Å². The van der Waals surface area contributed by atoms with Crippen molar-refractivity contribution in [2.24, 2.45) is 0 Å². The van der Waals surface area contributed by atoms with Gasteiger partial charge in [-0.3, -0.25) is 0 Å². The summed E-state index contributed by atoms with van der Waals surface area (Å²) in [4.78, 5) is 0. The van der Waals surface area contributed by atoms with Crippen molar-refractivity contribution in [3.63, 3.8) is 0 Å². The molecule has 19 heavy (non-hydrogen) atoms. The molecule has 0 radical (unpaired) electrons. The third kappa shape index (κ3) is 4.51. The highest BCUT2D eigenvalue weighted by Crippen LogP contribution is 2.18. The molecule has 1 fully saturated rings. The van der Waals surface area contributed by atoms with Crippen molar-refractivity contribution >= 4 is 0 Å². The van der Waals surface area contributed by atoms with Crippen molar-refractivity contribution < 1.29 is 9.47 Å². The molecule has 1 aliphatic heterocycles. The van der Waals surface area contributed by atoms with E-state index in [0.29, 0.717) is 12.1 Å². The third-order valence-corrected chi connectivity index (χ3v) is 3.79. The number of benzene rings is 1. The molecule has 1 aromatic carbocycles. The van der Waals surface area contributed by atoms with Crippen molar-refractivity contribution in [2.45, 2.75) is 44.8 Å². The fraction of sp³-hybridized carbons (Fsp3) is 0.625. The summed E-state index contributed by atoms with van der Waals surface area (Å²) in [5, 5.41) is 3.56. The van der Waals surface area contributed by atoms with E-state index in [1.807, 2.05) is 12.1 Å². The molecular formula is C16H25NO2. The molecule has 106 valence electrons. The van der Waals surface area contributed by atoms with E-state index in [9.17, 15) is 0 Å². The maximum atomic E-state index is 5.63. The summed E-state index contributed by atoms with van der Waals surface area (Å²) < 4.78 is 10.8. The van der Waals surface area contributed by atoms with E-state index >= 15 is 0 Å². The van der Waals surface area contributed by atoms with Gasteiger partial charge in [0.2, 0.25) is 0 Å². The SMILES string of the molecule is COc1ccc([C@H](C)NCCCC2CCCO2)cc1. The molecule has 3 nitrogen and oxygen atoms in total. The molecule has 3 heteroatoms. The van der Waals surface area contributed by atoms with Crippen LogP contribution in [0, 0.1) is 0 Å². The number of hydrogen-bond donors (Lipinski definition) is 1. The van der Waals surface area contributed by atoms with Crippen LogP contribution in [-0.4, -0.2) is 26.4 Å².